The summed E-state index contributed by atoms with van der Waals surface area (Å²) < 4.78 is 1.43. The van der Waals surface area contributed by atoms with Crippen molar-refractivity contribution >= 4 is 22.6 Å². The maximum Gasteiger partial charge on any atom is -0.0136 e. The van der Waals surface area contributed by atoms with Crippen LogP contribution in [-0.4, -0.2) is 0 Å². The Hall–Kier alpha value is 0.470. The van der Waals surface area contributed by atoms with Crippen LogP contribution in [0.3, 0.4) is 0 Å². The summed E-state index contributed by atoms with van der Waals surface area (Å²) in [5.41, 5.74) is 1.50. The van der Waals surface area contributed by atoms with E-state index in [4.69, 9.17) is 0 Å². The fraction of sp³-hybridized carbons (Fsp3) is 0.667. The topological polar surface area (TPSA) is 0 Å². The minimum Gasteiger partial charge on any atom is -0.0646 e. The first-order valence-corrected chi connectivity index (χ1v) is 3.58. The summed E-state index contributed by atoms with van der Waals surface area (Å²) in [6.07, 6.45) is 1.19. The quantitative estimate of drug-likeness (QED) is 0.583. The van der Waals surface area contributed by atoms with Crippen LogP contribution in [-0.2, 0) is 0 Å². The number of hydrogen-bond donors (Lipinski definition) is 0. The SMILES string of the molecule is CCC(C)=C(C)I. The van der Waals surface area contributed by atoms with Crippen molar-refractivity contribution in [3.8, 4) is 0 Å². The van der Waals surface area contributed by atoms with Gasteiger partial charge in [0.2, 0.25) is 0 Å². The highest BCUT2D eigenvalue weighted by Gasteiger charge is 1.84. The first-order chi connectivity index (χ1) is 3.18. The summed E-state index contributed by atoms with van der Waals surface area (Å²) in [4.78, 5) is 0. The number of rotatable bonds is 1. The molecule has 0 N–H and O–H groups in total. The normalized spacial score (nSPS) is 13.7. The van der Waals surface area contributed by atoms with Crippen molar-refractivity contribution in [2.75, 3.05) is 0 Å². The molecular formula is C6H11I. The van der Waals surface area contributed by atoms with Gasteiger partial charge in [-0.2, -0.15) is 0 Å². The summed E-state index contributed by atoms with van der Waals surface area (Å²) >= 11 is 2.35. The van der Waals surface area contributed by atoms with Gasteiger partial charge in [-0.3, -0.25) is 0 Å². The minimum absolute atomic E-state index is 1.19. The Morgan fingerprint density at radius 2 is 1.86 bits per heavy atom. The van der Waals surface area contributed by atoms with Crippen LogP contribution in [0.2, 0.25) is 0 Å². The summed E-state index contributed by atoms with van der Waals surface area (Å²) in [6, 6.07) is 0. The van der Waals surface area contributed by atoms with Gasteiger partial charge in [0, 0.05) is 0 Å². The monoisotopic (exact) mass is 210 g/mol. The lowest BCUT2D eigenvalue weighted by atomic mass is 10.2. The highest BCUT2D eigenvalue weighted by molar-refractivity contribution is 14.1. The van der Waals surface area contributed by atoms with Crippen molar-refractivity contribution in [2.45, 2.75) is 27.2 Å². The third-order valence-electron chi connectivity index (χ3n) is 1.12. The zero-order valence-corrected chi connectivity index (χ0v) is 7.24. The summed E-state index contributed by atoms with van der Waals surface area (Å²) in [7, 11) is 0. The first kappa shape index (κ1) is 7.47. The largest absolute Gasteiger partial charge is 0.0646 e. The maximum absolute atomic E-state index is 2.35. The Morgan fingerprint density at radius 3 is 1.86 bits per heavy atom. The van der Waals surface area contributed by atoms with Crippen LogP contribution < -0.4 is 0 Å². The van der Waals surface area contributed by atoms with E-state index in [1.807, 2.05) is 0 Å². The van der Waals surface area contributed by atoms with Crippen LogP contribution in [0.25, 0.3) is 0 Å². The molecule has 0 rings (SSSR count). The molecule has 0 aromatic heterocycles. The molecule has 0 radical (unpaired) electrons. The van der Waals surface area contributed by atoms with Gasteiger partial charge in [-0.15, -0.1) is 0 Å². The lowest BCUT2D eigenvalue weighted by Crippen LogP contribution is -1.70. The van der Waals surface area contributed by atoms with Crippen LogP contribution in [0.4, 0.5) is 0 Å². The molecule has 0 aromatic rings. The van der Waals surface area contributed by atoms with Gasteiger partial charge in [-0.05, 0) is 46.4 Å². The van der Waals surface area contributed by atoms with Gasteiger partial charge in [0.15, 0.2) is 0 Å². The van der Waals surface area contributed by atoms with E-state index in [1.54, 1.807) is 0 Å². The van der Waals surface area contributed by atoms with Gasteiger partial charge in [-0.25, -0.2) is 0 Å². The third kappa shape index (κ3) is 3.09. The molecule has 0 aliphatic heterocycles. The van der Waals surface area contributed by atoms with Crippen LogP contribution >= 0.6 is 22.6 Å². The van der Waals surface area contributed by atoms with Gasteiger partial charge in [0.05, 0.1) is 0 Å². The van der Waals surface area contributed by atoms with Crippen LogP contribution in [0.1, 0.15) is 27.2 Å². The molecule has 0 heterocycles. The molecule has 0 spiro atoms. The molecule has 0 aliphatic rings. The van der Waals surface area contributed by atoms with Crippen molar-refractivity contribution < 1.29 is 0 Å². The smallest absolute Gasteiger partial charge is 0.0136 e. The predicted octanol–water partition coefficient (Wildman–Crippen LogP) is 3.13. The van der Waals surface area contributed by atoms with Gasteiger partial charge in [0.25, 0.3) is 0 Å². The maximum atomic E-state index is 2.35. The van der Waals surface area contributed by atoms with E-state index in [0.29, 0.717) is 0 Å². The summed E-state index contributed by atoms with van der Waals surface area (Å²) in [5.74, 6) is 0. The number of hydrogen-bond acceptors (Lipinski definition) is 0. The van der Waals surface area contributed by atoms with E-state index < -0.39 is 0 Å². The molecule has 0 amide bonds. The Labute approximate surface area is 59.1 Å². The fourth-order valence-corrected chi connectivity index (χ4v) is 0.625. The molecule has 0 unspecified atom stereocenters. The Kier molecular flexibility index (Phi) is 3.70. The van der Waals surface area contributed by atoms with Gasteiger partial charge < -0.3 is 0 Å². The van der Waals surface area contributed by atoms with Crippen molar-refractivity contribution in [3.05, 3.63) is 9.15 Å². The molecule has 1 heteroatoms. The molecule has 0 saturated carbocycles. The molecule has 0 atom stereocenters. The van der Waals surface area contributed by atoms with E-state index in [0.717, 1.165) is 0 Å². The van der Waals surface area contributed by atoms with E-state index >= 15 is 0 Å². The van der Waals surface area contributed by atoms with Gasteiger partial charge >= 0.3 is 0 Å². The van der Waals surface area contributed by atoms with Crippen molar-refractivity contribution in [2.24, 2.45) is 0 Å². The molecule has 0 fully saturated rings. The van der Waals surface area contributed by atoms with E-state index in [9.17, 15) is 0 Å². The zero-order valence-electron chi connectivity index (χ0n) is 5.09. The molecule has 0 nitrogen and oxygen atoms in total. The molecule has 0 bridgehead atoms. The van der Waals surface area contributed by atoms with Crippen LogP contribution in [0.15, 0.2) is 9.15 Å². The second-order valence-corrected chi connectivity index (χ2v) is 3.29. The van der Waals surface area contributed by atoms with Gasteiger partial charge in [0.1, 0.15) is 0 Å². The molecule has 0 aliphatic carbocycles. The average molecular weight is 210 g/mol. The molecule has 0 saturated heterocycles. The van der Waals surface area contributed by atoms with Crippen LogP contribution in [0, 0.1) is 0 Å². The van der Waals surface area contributed by atoms with Crippen LogP contribution in [0.5, 0.6) is 0 Å². The molecular weight excluding hydrogens is 199 g/mol. The molecule has 0 aromatic carbocycles. The average Bonchev–Trinajstić information content (AvgIpc) is 1.65. The zero-order chi connectivity index (χ0) is 5.86. The number of halogens is 1. The molecule has 7 heavy (non-hydrogen) atoms. The minimum atomic E-state index is 1.19. The Morgan fingerprint density at radius 1 is 1.43 bits per heavy atom. The second kappa shape index (κ2) is 3.47. The summed E-state index contributed by atoms with van der Waals surface area (Å²) in [6.45, 7) is 6.48. The number of allylic oxidation sites excluding steroid dienone is 2. The fourth-order valence-electron chi connectivity index (χ4n) is 0.244. The van der Waals surface area contributed by atoms with Crippen molar-refractivity contribution in [1.29, 1.82) is 0 Å². The van der Waals surface area contributed by atoms with E-state index in [-0.39, 0.29) is 0 Å². The predicted molar refractivity (Wildman–Crippen MR) is 42.7 cm³/mol. The van der Waals surface area contributed by atoms with E-state index in [2.05, 4.69) is 43.4 Å². The lowest BCUT2D eigenvalue weighted by molar-refractivity contribution is 1.09. The van der Waals surface area contributed by atoms with Gasteiger partial charge in [-0.1, -0.05) is 12.5 Å². The molecule has 42 valence electrons. The van der Waals surface area contributed by atoms with Crippen molar-refractivity contribution in [1.82, 2.24) is 0 Å². The summed E-state index contributed by atoms with van der Waals surface area (Å²) in [5, 5.41) is 0. The third-order valence-corrected chi connectivity index (χ3v) is 2.04. The Bertz CT molecular complexity index is 78.2. The van der Waals surface area contributed by atoms with Crippen molar-refractivity contribution in [3.63, 3.8) is 0 Å². The lowest BCUT2D eigenvalue weighted by Gasteiger charge is -1.92. The first-order valence-electron chi connectivity index (χ1n) is 2.50. The Balaban J connectivity index is 3.72. The van der Waals surface area contributed by atoms with E-state index in [1.165, 1.54) is 15.6 Å². The second-order valence-electron chi connectivity index (χ2n) is 1.67. The highest BCUT2D eigenvalue weighted by atomic mass is 127. The standard InChI is InChI=1S/C6H11I/c1-4-5(2)6(3)7/h4H2,1-3H3. The highest BCUT2D eigenvalue weighted by Crippen LogP contribution is 2.12.